The van der Waals surface area contributed by atoms with Crippen molar-refractivity contribution in [3.63, 3.8) is 0 Å². The summed E-state index contributed by atoms with van der Waals surface area (Å²) in [5.74, 6) is 0.238. The molecule has 1 aromatic heterocycles. The first-order valence-electron chi connectivity index (χ1n) is 9.96. The minimum atomic E-state index is -0.505. The molecule has 4 rings (SSSR count). The second-order valence-electron chi connectivity index (χ2n) is 7.39. The maximum absolute atomic E-state index is 12.7. The van der Waals surface area contributed by atoms with E-state index in [0.717, 1.165) is 40.9 Å². The molecule has 31 heavy (non-hydrogen) atoms. The summed E-state index contributed by atoms with van der Waals surface area (Å²) < 4.78 is 11.1. The number of furan rings is 1. The molecule has 1 N–H and O–H groups in total. The summed E-state index contributed by atoms with van der Waals surface area (Å²) in [5.41, 5.74) is 2.78. The van der Waals surface area contributed by atoms with Crippen molar-refractivity contribution >= 4 is 46.5 Å². The van der Waals surface area contributed by atoms with E-state index in [9.17, 15) is 14.4 Å². The fourth-order valence-corrected chi connectivity index (χ4v) is 4.12. The molecule has 2 fully saturated rings. The summed E-state index contributed by atoms with van der Waals surface area (Å²) in [4.78, 5) is 40.6. The predicted octanol–water partition coefficient (Wildman–Crippen LogP) is 3.41. The van der Waals surface area contributed by atoms with Crippen LogP contribution in [0.4, 0.5) is 16.4 Å². The lowest BCUT2D eigenvalue weighted by Crippen LogP contribution is -2.36. The standard InChI is InChI=1S/C22H23N3O5S/c1-14-3-4-16(11-15(14)2)23-19(26)13-25-21(27)18(31-22(25)28)12-17-5-6-20(30-17)24-7-9-29-10-8-24/h3-6,11-12H,7-10,13H2,1-2H3,(H,23,26)/b18-12+. The number of carbonyl (C=O) groups is 3. The molecule has 0 radical (unpaired) electrons. The summed E-state index contributed by atoms with van der Waals surface area (Å²) in [5, 5.41) is 2.25. The maximum atomic E-state index is 12.7. The quantitative estimate of drug-likeness (QED) is 0.711. The van der Waals surface area contributed by atoms with Crippen molar-refractivity contribution in [3.8, 4) is 0 Å². The smallest absolute Gasteiger partial charge is 0.294 e. The van der Waals surface area contributed by atoms with Crippen LogP contribution < -0.4 is 10.2 Å². The van der Waals surface area contributed by atoms with Crippen molar-refractivity contribution in [2.24, 2.45) is 0 Å². The number of hydrogen-bond acceptors (Lipinski definition) is 7. The minimum Gasteiger partial charge on any atom is -0.441 e. The van der Waals surface area contributed by atoms with Crippen LogP contribution in [-0.2, 0) is 14.3 Å². The number of benzene rings is 1. The fraction of sp³-hybridized carbons (Fsp3) is 0.318. The van der Waals surface area contributed by atoms with Crippen molar-refractivity contribution in [1.29, 1.82) is 0 Å². The number of carbonyl (C=O) groups excluding carboxylic acids is 3. The third-order valence-electron chi connectivity index (χ3n) is 5.17. The largest absolute Gasteiger partial charge is 0.441 e. The van der Waals surface area contributed by atoms with E-state index < -0.39 is 17.1 Å². The molecule has 0 atom stereocenters. The molecule has 162 valence electrons. The van der Waals surface area contributed by atoms with E-state index in [-0.39, 0.29) is 11.4 Å². The van der Waals surface area contributed by atoms with Gasteiger partial charge >= 0.3 is 0 Å². The molecular weight excluding hydrogens is 418 g/mol. The number of nitrogens with one attached hydrogen (secondary N) is 1. The normalized spacial score (nSPS) is 18.2. The molecular formula is C22H23N3O5S. The van der Waals surface area contributed by atoms with Crippen LogP contribution in [0.15, 0.2) is 39.7 Å². The monoisotopic (exact) mass is 441 g/mol. The third-order valence-corrected chi connectivity index (χ3v) is 6.08. The number of anilines is 2. The lowest BCUT2D eigenvalue weighted by molar-refractivity contribution is -0.127. The number of ether oxygens (including phenoxy) is 1. The van der Waals surface area contributed by atoms with Gasteiger partial charge in [0.2, 0.25) is 5.91 Å². The van der Waals surface area contributed by atoms with Gasteiger partial charge in [-0.3, -0.25) is 19.3 Å². The number of aryl methyl sites for hydroxylation is 2. The third kappa shape index (κ3) is 4.83. The van der Waals surface area contributed by atoms with Crippen LogP contribution in [0.3, 0.4) is 0 Å². The van der Waals surface area contributed by atoms with Crippen molar-refractivity contribution in [3.05, 3.63) is 52.1 Å². The van der Waals surface area contributed by atoms with Crippen LogP contribution in [0.5, 0.6) is 0 Å². The molecule has 8 nitrogen and oxygen atoms in total. The van der Waals surface area contributed by atoms with E-state index in [4.69, 9.17) is 9.15 Å². The van der Waals surface area contributed by atoms with Crippen LogP contribution in [0.25, 0.3) is 6.08 Å². The second kappa shape index (κ2) is 8.99. The van der Waals surface area contributed by atoms with Gasteiger partial charge in [-0.15, -0.1) is 0 Å². The van der Waals surface area contributed by atoms with Crippen LogP contribution in [0.2, 0.25) is 0 Å². The number of imide groups is 1. The highest BCUT2D eigenvalue weighted by atomic mass is 32.2. The Bertz CT molecular complexity index is 1060. The highest BCUT2D eigenvalue weighted by molar-refractivity contribution is 8.18. The molecule has 3 heterocycles. The average Bonchev–Trinajstić information content (AvgIpc) is 3.32. The van der Waals surface area contributed by atoms with Crippen LogP contribution in [-0.4, -0.2) is 54.8 Å². The topological polar surface area (TPSA) is 92.1 Å². The van der Waals surface area contributed by atoms with E-state index in [1.54, 1.807) is 12.1 Å². The zero-order valence-electron chi connectivity index (χ0n) is 17.3. The van der Waals surface area contributed by atoms with Gasteiger partial charge < -0.3 is 19.4 Å². The highest BCUT2D eigenvalue weighted by Gasteiger charge is 2.36. The van der Waals surface area contributed by atoms with Crippen molar-refractivity contribution in [1.82, 2.24) is 4.90 Å². The Labute approximate surface area is 184 Å². The van der Waals surface area contributed by atoms with E-state index >= 15 is 0 Å². The number of nitrogens with zero attached hydrogens (tertiary/aromatic N) is 2. The molecule has 2 aliphatic rings. The van der Waals surface area contributed by atoms with E-state index in [1.165, 1.54) is 6.08 Å². The number of rotatable bonds is 5. The van der Waals surface area contributed by atoms with Gasteiger partial charge in [-0.1, -0.05) is 6.07 Å². The Hall–Kier alpha value is -3.04. The second-order valence-corrected chi connectivity index (χ2v) is 8.38. The van der Waals surface area contributed by atoms with Crippen LogP contribution in [0.1, 0.15) is 16.9 Å². The van der Waals surface area contributed by atoms with Gasteiger partial charge in [0.05, 0.1) is 18.1 Å². The van der Waals surface area contributed by atoms with Gasteiger partial charge in [-0.2, -0.15) is 0 Å². The summed E-state index contributed by atoms with van der Waals surface area (Å²) >= 11 is 0.799. The minimum absolute atomic E-state index is 0.229. The molecule has 3 amide bonds. The molecule has 0 bridgehead atoms. The van der Waals surface area contributed by atoms with E-state index in [1.807, 2.05) is 32.0 Å². The van der Waals surface area contributed by atoms with E-state index in [0.29, 0.717) is 30.5 Å². The first-order valence-corrected chi connectivity index (χ1v) is 10.8. The van der Waals surface area contributed by atoms with Gasteiger partial charge in [-0.25, -0.2) is 0 Å². The summed E-state index contributed by atoms with van der Waals surface area (Å²) in [7, 11) is 0. The maximum Gasteiger partial charge on any atom is 0.294 e. The molecule has 0 saturated carbocycles. The van der Waals surface area contributed by atoms with Gasteiger partial charge in [0.25, 0.3) is 11.1 Å². The van der Waals surface area contributed by atoms with Crippen molar-refractivity contribution < 1.29 is 23.5 Å². The lowest BCUT2D eigenvalue weighted by atomic mass is 10.1. The number of thioether (sulfide) groups is 1. The fourth-order valence-electron chi connectivity index (χ4n) is 3.30. The van der Waals surface area contributed by atoms with Crippen molar-refractivity contribution in [2.75, 3.05) is 43.1 Å². The Morgan fingerprint density at radius 3 is 2.65 bits per heavy atom. The van der Waals surface area contributed by atoms with Crippen LogP contribution >= 0.6 is 11.8 Å². The molecule has 2 aliphatic heterocycles. The Morgan fingerprint density at radius 1 is 1.13 bits per heavy atom. The molecule has 2 saturated heterocycles. The van der Waals surface area contributed by atoms with Gasteiger partial charge in [0, 0.05) is 30.9 Å². The SMILES string of the molecule is Cc1ccc(NC(=O)CN2C(=O)S/C(=C/c3ccc(N4CCOCC4)o3)C2=O)cc1C. The number of morpholine rings is 1. The first kappa shape index (κ1) is 21.2. The summed E-state index contributed by atoms with van der Waals surface area (Å²) in [6, 6.07) is 9.13. The van der Waals surface area contributed by atoms with Gasteiger partial charge in [0.15, 0.2) is 5.88 Å². The highest BCUT2D eigenvalue weighted by Crippen LogP contribution is 2.33. The lowest BCUT2D eigenvalue weighted by Gasteiger charge is -2.26. The van der Waals surface area contributed by atoms with Gasteiger partial charge in [-0.05, 0) is 54.9 Å². The van der Waals surface area contributed by atoms with E-state index in [2.05, 4.69) is 10.2 Å². The first-order chi connectivity index (χ1) is 14.9. The molecule has 2 aromatic rings. The zero-order valence-corrected chi connectivity index (χ0v) is 18.2. The summed E-state index contributed by atoms with van der Waals surface area (Å²) in [6.07, 6.45) is 1.54. The Balaban J connectivity index is 1.40. The molecule has 9 heteroatoms. The molecule has 0 unspecified atom stereocenters. The molecule has 0 spiro atoms. The van der Waals surface area contributed by atoms with Crippen molar-refractivity contribution in [2.45, 2.75) is 13.8 Å². The predicted molar refractivity (Wildman–Crippen MR) is 119 cm³/mol. The molecule has 1 aromatic carbocycles. The Morgan fingerprint density at radius 2 is 1.90 bits per heavy atom. The summed E-state index contributed by atoms with van der Waals surface area (Å²) in [6.45, 7) is 6.34. The number of hydrogen-bond donors (Lipinski definition) is 1. The Kier molecular flexibility index (Phi) is 6.15. The molecule has 0 aliphatic carbocycles. The van der Waals surface area contributed by atoms with Crippen LogP contribution in [0, 0.1) is 13.8 Å². The van der Waals surface area contributed by atoms with Gasteiger partial charge in [0.1, 0.15) is 12.3 Å². The number of amides is 3. The average molecular weight is 442 g/mol. The zero-order chi connectivity index (χ0) is 22.0.